The summed E-state index contributed by atoms with van der Waals surface area (Å²) < 4.78 is 7.29. The van der Waals surface area contributed by atoms with E-state index in [0.29, 0.717) is 0 Å². The molecule has 3 aromatic rings. The van der Waals surface area contributed by atoms with Gasteiger partial charge in [0.05, 0.1) is 17.2 Å². The van der Waals surface area contributed by atoms with E-state index in [1.165, 1.54) is 0 Å². The Labute approximate surface area is 133 Å². The molecule has 2 aromatic heterocycles. The van der Waals surface area contributed by atoms with Crippen LogP contribution in [0.5, 0.6) is 0 Å². The first-order valence-corrected chi connectivity index (χ1v) is 7.78. The van der Waals surface area contributed by atoms with Crippen LogP contribution in [0.2, 0.25) is 0 Å². The van der Waals surface area contributed by atoms with Gasteiger partial charge in [-0.3, -0.25) is 4.98 Å². The molecule has 2 heterocycles. The Hall–Kier alpha value is -1.33. The molecular formula is C15H12Br2N2O. The monoisotopic (exact) mass is 394 g/mol. The average Bonchev–Trinajstić information content (AvgIpc) is 2.85. The number of para-hydroxylation sites is 1. The highest BCUT2D eigenvalue weighted by molar-refractivity contribution is 9.10. The number of benzene rings is 1. The number of nitrogens with zero attached hydrogens (tertiary/aromatic N) is 1. The summed E-state index contributed by atoms with van der Waals surface area (Å²) in [7, 11) is 0. The molecule has 1 aromatic carbocycles. The summed E-state index contributed by atoms with van der Waals surface area (Å²) >= 11 is 6.77. The predicted molar refractivity (Wildman–Crippen MR) is 87.9 cm³/mol. The second-order valence-electron chi connectivity index (χ2n) is 4.54. The van der Waals surface area contributed by atoms with Gasteiger partial charge in [0.25, 0.3) is 0 Å². The Balaban J connectivity index is 1.94. The Morgan fingerprint density at radius 2 is 2.05 bits per heavy atom. The fourth-order valence-corrected chi connectivity index (χ4v) is 2.78. The molecular weight excluding hydrogens is 384 g/mol. The van der Waals surface area contributed by atoms with Crippen LogP contribution in [-0.2, 0) is 0 Å². The smallest absolute Gasteiger partial charge is 0.169 e. The predicted octanol–water partition coefficient (Wildman–Crippen LogP) is 5.53. The number of hydrogen-bond acceptors (Lipinski definition) is 3. The molecule has 1 N–H and O–H groups in total. The number of furan rings is 1. The molecule has 3 rings (SSSR count). The number of nitrogens with one attached hydrogen (secondary N) is 1. The van der Waals surface area contributed by atoms with Crippen LogP contribution >= 0.6 is 31.9 Å². The van der Waals surface area contributed by atoms with Crippen molar-refractivity contribution in [1.82, 2.24) is 4.98 Å². The summed E-state index contributed by atoms with van der Waals surface area (Å²) in [5.74, 6) is 0.881. The van der Waals surface area contributed by atoms with Crippen LogP contribution in [0, 0.1) is 0 Å². The molecule has 3 nitrogen and oxygen atoms in total. The Bertz CT molecular complexity index is 754. The lowest BCUT2D eigenvalue weighted by Gasteiger charge is -2.14. The lowest BCUT2D eigenvalue weighted by atomic mass is 10.1. The molecule has 0 aliphatic rings. The number of aromatic nitrogens is 1. The zero-order valence-corrected chi connectivity index (χ0v) is 13.9. The zero-order chi connectivity index (χ0) is 14.1. The van der Waals surface area contributed by atoms with E-state index in [2.05, 4.69) is 55.2 Å². The summed E-state index contributed by atoms with van der Waals surface area (Å²) in [4.78, 5) is 4.48. The molecule has 0 saturated carbocycles. The lowest BCUT2D eigenvalue weighted by Crippen LogP contribution is -2.06. The van der Waals surface area contributed by atoms with Crippen molar-refractivity contribution in [2.24, 2.45) is 0 Å². The molecule has 0 aliphatic heterocycles. The first-order valence-electron chi connectivity index (χ1n) is 6.19. The van der Waals surface area contributed by atoms with Crippen LogP contribution in [0.1, 0.15) is 18.7 Å². The standard InChI is InChI=1S/C15H12Br2N2O/c1-9(13-5-6-14(17)20-13)19-12-4-2-3-10-7-11(16)8-18-15(10)12/h2-9,19H,1H3. The summed E-state index contributed by atoms with van der Waals surface area (Å²) in [6.45, 7) is 2.06. The van der Waals surface area contributed by atoms with Crippen molar-refractivity contribution in [3.05, 3.63) is 57.5 Å². The van der Waals surface area contributed by atoms with Gasteiger partial charge in [-0.25, -0.2) is 0 Å². The minimum absolute atomic E-state index is 0.0670. The van der Waals surface area contributed by atoms with Crippen LogP contribution in [-0.4, -0.2) is 4.98 Å². The van der Waals surface area contributed by atoms with Gasteiger partial charge in [0, 0.05) is 16.1 Å². The topological polar surface area (TPSA) is 38.1 Å². The lowest BCUT2D eigenvalue weighted by molar-refractivity contribution is 0.471. The van der Waals surface area contributed by atoms with Gasteiger partial charge in [-0.15, -0.1) is 0 Å². The molecule has 0 spiro atoms. The van der Waals surface area contributed by atoms with Gasteiger partial charge in [-0.1, -0.05) is 12.1 Å². The first-order chi connectivity index (χ1) is 9.63. The number of pyridine rings is 1. The third-order valence-electron chi connectivity index (χ3n) is 3.07. The Kier molecular flexibility index (Phi) is 3.81. The summed E-state index contributed by atoms with van der Waals surface area (Å²) in [6.07, 6.45) is 1.81. The van der Waals surface area contributed by atoms with E-state index >= 15 is 0 Å². The van der Waals surface area contributed by atoms with Crippen molar-refractivity contribution in [3.63, 3.8) is 0 Å². The molecule has 0 saturated heterocycles. The fraction of sp³-hybridized carbons (Fsp3) is 0.133. The van der Waals surface area contributed by atoms with Gasteiger partial charge in [0.1, 0.15) is 5.76 Å². The minimum Gasteiger partial charge on any atom is -0.452 e. The second kappa shape index (κ2) is 5.58. The third kappa shape index (κ3) is 2.74. The van der Waals surface area contributed by atoms with E-state index in [4.69, 9.17) is 4.42 Å². The van der Waals surface area contributed by atoms with Gasteiger partial charge >= 0.3 is 0 Å². The highest BCUT2D eigenvalue weighted by Crippen LogP contribution is 2.28. The molecule has 0 bridgehead atoms. The van der Waals surface area contributed by atoms with Gasteiger partial charge in [-0.2, -0.15) is 0 Å². The van der Waals surface area contributed by atoms with Crippen molar-refractivity contribution < 1.29 is 4.42 Å². The number of hydrogen-bond donors (Lipinski definition) is 1. The zero-order valence-electron chi connectivity index (χ0n) is 10.7. The van der Waals surface area contributed by atoms with Crippen LogP contribution in [0.15, 0.2) is 56.2 Å². The first kappa shape index (κ1) is 13.6. The average molecular weight is 396 g/mol. The van der Waals surface area contributed by atoms with E-state index in [1.54, 1.807) is 0 Å². The third-order valence-corrected chi connectivity index (χ3v) is 3.93. The van der Waals surface area contributed by atoms with Crippen molar-refractivity contribution >= 4 is 48.5 Å². The van der Waals surface area contributed by atoms with Crippen molar-refractivity contribution in [2.75, 3.05) is 5.32 Å². The van der Waals surface area contributed by atoms with E-state index in [-0.39, 0.29) is 6.04 Å². The van der Waals surface area contributed by atoms with Crippen molar-refractivity contribution in [3.8, 4) is 0 Å². The van der Waals surface area contributed by atoms with Crippen LogP contribution in [0.4, 0.5) is 5.69 Å². The van der Waals surface area contributed by atoms with Crippen molar-refractivity contribution in [1.29, 1.82) is 0 Å². The maximum atomic E-state index is 5.57. The second-order valence-corrected chi connectivity index (χ2v) is 6.24. The fourth-order valence-electron chi connectivity index (χ4n) is 2.12. The van der Waals surface area contributed by atoms with Gasteiger partial charge in [0.2, 0.25) is 0 Å². The molecule has 102 valence electrons. The number of anilines is 1. The molecule has 0 fully saturated rings. The minimum atomic E-state index is 0.0670. The van der Waals surface area contributed by atoms with Crippen molar-refractivity contribution in [2.45, 2.75) is 13.0 Å². The Morgan fingerprint density at radius 3 is 2.80 bits per heavy atom. The highest BCUT2D eigenvalue weighted by atomic mass is 79.9. The van der Waals surface area contributed by atoms with Crippen LogP contribution in [0.25, 0.3) is 10.9 Å². The molecule has 0 radical (unpaired) electrons. The summed E-state index contributed by atoms with van der Waals surface area (Å²) in [5, 5.41) is 4.54. The normalized spacial score (nSPS) is 12.6. The summed E-state index contributed by atoms with van der Waals surface area (Å²) in [6, 6.07) is 12.1. The molecule has 1 atom stereocenters. The van der Waals surface area contributed by atoms with Gasteiger partial charge < -0.3 is 9.73 Å². The SMILES string of the molecule is CC(Nc1cccc2cc(Br)cnc12)c1ccc(Br)o1. The maximum Gasteiger partial charge on any atom is 0.169 e. The number of fused-ring (bicyclic) bond motifs is 1. The largest absolute Gasteiger partial charge is 0.452 e. The number of halogens is 2. The molecule has 5 heteroatoms. The van der Waals surface area contributed by atoms with E-state index in [9.17, 15) is 0 Å². The van der Waals surface area contributed by atoms with Crippen LogP contribution < -0.4 is 5.32 Å². The summed E-state index contributed by atoms with van der Waals surface area (Å²) in [5.41, 5.74) is 1.95. The molecule has 0 aliphatic carbocycles. The number of rotatable bonds is 3. The highest BCUT2D eigenvalue weighted by Gasteiger charge is 2.11. The van der Waals surface area contributed by atoms with E-state index in [1.807, 2.05) is 36.5 Å². The maximum absolute atomic E-state index is 5.57. The molecule has 1 unspecified atom stereocenters. The van der Waals surface area contributed by atoms with E-state index in [0.717, 1.165) is 31.5 Å². The Morgan fingerprint density at radius 1 is 1.20 bits per heavy atom. The quantitative estimate of drug-likeness (QED) is 0.633. The van der Waals surface area contributed by atoms with Gasteiger partial charge in [-0.05, 0) is 63.0 Å². The molecule has 20 heavy (non-hydrogen) atoms. The van der Waals surface area contributed by atoms with E-state index < -0.39 is 0 Å². The van der Waals surface area contributed by atoms with Crippen LogP contribution in [0.3, 0.4) is 0 Å². The molecule has 0 amide bonds. The van der Waals surface area contributed by atoms with Gasteiger partial charge in [0.15, 0.2) is 4.67 Å².